The summed E-state index contributed by atoms with van der Waals surface area (Å²) in [4.78, 5) is 12.4. The van der Waals surface area contributed by atoms with Gasteiger partial charge in [0.25, 0.3) is 0 Å². The van der Waals surface area contributed by atoms with Crippen LogP contribution in [0, 0.1) is 0 Å². The van der Waals surface area contributed by atoms with Gasteiger partial charge >= 0.3 is 0 Å². The van der Waals surface area contributed by atoms with Gasteiger partial charge in [-0.05, 0) is 36.4 Å². The maximum atomic E-state index is 12.4. The topological polar surface area (TPSA) is 54.0 Å². The Morgan fingerprint density at radius 2 is 1.46 bits per heavy atom. The molecule has 0 aliphatic heterocycles. The van der Waals surface area contributed by atoms with Crippen LogP contribution in [0.25, 0.3) is 6.08 Å². The van der Waals surface area contributed by atoms with E-state index >= 15 is 0 Å². The first-order valence-electron chi connectivity index (χ1n) is 7.30. The summed E-state index contributed by atoms with van der Waals surface area (Å²) in [7, 11) is 6.16. The van der Waals surface area contributed by atoms with Crippen LogP contribution in [0.5, 0.6) is 23.0 Å². The Morgan fingerprint density at radius 3 is 2.08 bits per heavy atom. The molecule has 0 atom stereocenters. The number of allylic oxidation sites excluding steroid dienone is 1. The Hall–Kier alpha value is -2.95. The van der Waals surface area contributed by atoms with Gasteiger partial charge in [-0.2, -0.15) is 0 Å². The normalized spacial score (nSPS) is 10.5. The van der Waals surface area contributed by atoms with Gasteiger partial charge in [-0.1, -0.05) is 12.1 Å². The zero-order valence-electron chi connectivity index (χ0n) is 14.2. The van der Waals surface area contributed by atoms with Gasteiger partial charge in [0.15, 0.2) is 17.3 Å². The summed E-state index contributed by atoms with van der Waals surface area (Å²) in [6, 6.07) is 10.6. The minimum atomic E-state index is -0.163. The first-order chi connectivity index (χ1) is 11.7. The van der Waals surface area contributed by atoms with E-state index in [1.165, 1.54) is 27.4 Å². The molecule has 0 aliphatic rings. The smallest absolute Gasteiger partial charge is 0.203 e. The van der Waals surface area contributed by atoms with Crippen molar-refractivity contribution in [3.05, 3.63) is 53.6 Å². The summed E-state index contributed by atoms with van der Waals surface area (Å²) in [6.45, 7) is 0. The van der Waals surface area contributed by atoms with Crippen LogP contribution >= 0.6 is 0 Å². The maximum Gasteiger partial charge on any atom is 0.203 e. The van der Waals surface area contributed by atoms with Crippen molar-refractivity contribution in [2.75, 3.05) is 28.4 Å². The van der Waals surface area contributed by atoms with Crippen LogP contribution in [0.4, 0.5) is 0 Å². The van der Waals surface area contributed by atoms with Crippen molar-refractivity contribution in [3.63, 3.8) is 0 Å². The van der Waals surface area contributed by atoms with Crippen LogP contribution < -0.4 is 18.9 Å². The lowest BCUT2D eigenvalue weighted by Crippen LogP contribution is -1.99. The first-order valence-corrected chi connectivity index (χ1v) is 7.30. The highest BCUT2D eigenvalue weighted by molar-refractivity contribution is 6.08. The summed E-state index contributed by atoms with van der Waals surface area (Å²) >= 11 is 0. The molecule has 2 aromatic carbocycles. The van der Waals surface area contributed by atoms with E-state index in [9.17, 15) is 4.79 Å². The third kappa shape index (κ3) is 3.51. The standard InChI is InChI=1S/C19H20O5/c1-21-16-8-6-5-7-14(16)15(20)11-9-13-10-12-17(22-2)19(24-4)18(13)23-3/h5-12H,1-4H3/b11-9+. The molecule has 126 valence electrons. The molecular formula is C19H20O5. The SMILES string of the molecule is COc1ccccc1C(=O)/C=C/c1ccc(OC)c(OC)c1OC. The number of rotatable bonds is 7. The number of hydrogen-bond acceptors (Lipinski definition) is 5. The molecule has 0 amide bonds. The molecule has 0 spiro atoms. The van der Waals surface area contributed by atoms with Crippen molar-refractivity contribution >= 4 is 11.9 Å². The highest BCUT2D eigenvalue weighted by atomic mass is 16.5. The van der Waals surface area contributed by atoms with Crippen LogP contribution in [0.2, 0.25) is 0 Å². The predicted molar refractivity (Wildman–Crippen MR) is 92.5 cm³/mol. The van der Waals surface area contributed by atoms with Crippen molar-refractivity contribution in [2.24, 2.45) is 0 Å². The van der Waals surface area contributed by atoms with Gasteiger partial charge in [0.2, 0.25) is 5.75 Å². The molecule has 5 nitrogen and oxygen atoms in total. The second-order valence-electron chi connectivity index (χ2n) is 4.82. The molecule has 2 rings (SSSR count). The molecule has 2 aromatic rings. The lowest BCUT2D eigenvalue weighted by Gasteiger charge is -2.14. The van der Waals surface area contributed by atoms with E-state index in [0.717, 1.165) is 0 Å². The van der Waals surface area contributed by atoms with E-state index in [0.29, 0.717) is 34.1 Å². The minimum Gasteiger partial charge on any atom is -0.496 e. The largest absolute Gasteiger partial charge is 0.496 e. The van der Waals surface area contributed by atoms with E-state index in [-0.39, 0.29) is 5.78 Å². The molecule has 0 radical (unpaired) electrons. The van der Waals surface area contributed by atoms with Crippen molar-refractivity contribution in [1.29, 1.82) is 0 Å². The molecule has 0 saturated heterocycles. The van der Waals surface area contributed by atoms with Gasteiger partial charge in [0.1, 0.15) is 5.75 Å². The van der Waals surface area contributed by atoms with Crippen LogP contribution in [-0.4, -0.2) is 34.2 Å². The first kappa shape index (κ1) is 17.4. The van der Waals surface area contributed by atoms with Crippen molar-refractivity contribution < 1.29 is 23.7 Å². The molecule has 0 N–H and O–H groups in total. The Bertz CT molecular complexity index is 749. The number of ketones is 1. The highest BCUT2D eigenvalue weighted by Gasteiger charge is 2.15. The average molecular weight is 328 g/mol. The number of carbonyl (C=O) groups is 1. The summed E-state index contributed by atoms with van der Waals surface area (Å²) in [5.74, 6) is 1.91. The Morgan fingerprint density at radius 1 is 0.792 bits per heavy atom. The van der Waals surface area contributed by atoms with Gasteiger partial charge in [-0.25, -0.2) is 0 Å². The number of carbonyl (C=O) groups excluding carboxylic acids is 1. The highest BCUT2D eigenvalue weighted by Crippen LogP contribution is 2.40. The summed E-state index contributed by atoms with van der Waals surface area (Å²) in [5.41, 5.74) is 1.20. The fraction of sp³-hybridized carbons (Fsp3) is 0.211. The number of hydrogen-bond donors (Lipinski definition) is 0. The molecule has 0 unspecified atom stereocenters. The fourth-order valence-electron chi connectivity index (χ4n) is 2.36. The molecule has 5 heteroatoms. The average Bonchev–Trinajstić information content (AvgIpc) is 2.64. The van der Waals surface area contributed by atoms with Crippen molar-refractivity contribution in [2.45, 2.75) is 0 Å². The van der Waals surface area contributed by atoms with E-state index in [1.807, 2.05) is 6.07 Å². The summed E-state index contributed by atoms with van der Waals surface area (Å²) < 4.78 is 21.2. The van der Waals surface area contributed by atoms with Gasteiger partial charge in [-0.3, -0.25) is 4.79 Å². The monoisotopic (exact) mass is 328 g/mol. The zero-order chi connectivity index (χ0) is 17.5. The van der Waals surface area contributed by atoms with Gasteiger partial charge < -0.3 is 18.9 Å². The van der Waals surface area contributed by atoms with Gasteiger partial charge in [0, 0.05) is 5.56 Å². The lowest BCUT2D eigenvalue weighted by molar-refractivity contribution is 0.104. The van der Waals surface area contributed by atoms with Crippen molar-refractivity contribution in [3.8, 4) is 23.0 Å². The Balaban J connectivity index is 2.36. The minimum absolute atomic E-state index is 0.163. The van der Waals surface area contributed by atoms with Gasteiger partial charge in [0.05, 0.1) is 34.0 Å². The molecule has 0 aromatic heterocycles. The molecule has 0 aliphatic carbocycles. The summed E-state index contributed by atoms with van der Waals surface area (Å²) in [5, 5.41) is 0. The molecule has 0 heterocycles. The fourth-order valence-corrected chi connectivity index (χ4v) is 2.36. The van der Waals surface area contributed by atoms with E-state index in [2.05, 4.69) is 0 Å². The number of ether oxygens (including phenoxy) is 4. The lowest BCUT2D eigenvalue weighted by atomic mass is 10.1. The van der Waals surface area contributed by atoms with E-state index < -0.39 is 0 Å². The van der Waals surface area contributed by atoms with Crippen LogP contribution in [-0.2, 0) is 0 Å². The van der Waals surface area contributed by atoms with Gasteiger partial charge in [-0.15, -0.1) is 0 Å². The second-order valence-corrected chi connectivity index (χ2v) is 4.82. The number of benzene rings is 2. The Labute approximate surface area is 141 Å². The third-order valence-corrected chi connectivity index (χ3v) is 3.52. The molecule has 24 heavy (non-hydrogen) atoms. The molecule has 0 fully saturated rings. The Kier molecular flexibility index (Phi) is 5.84. The predicted octanol–water partition coefficient (Wildman–Crippen LogP) is 3.62. The summed E-state index contributed by atoms with van der Waals surface area (Å²) in [6.07, 6.45) is 3.15. The second kappa shape index (κ2) is 8.06. The molecule has 0 bridgehead atoms. The van der Waals surface area contributed by atoms with Crippen molar-refractivity contribution in [1.82, 2.24) is 0 Å². The van der Waals surface area contributed by atoms with E-state index in [4.69, 9.17) is 18.9 Å². The van der Waals surface area contributed by atoms with E-state index in [1.54, 1.807) is 43.5 Å². The molecular weight excluding hydrogens is 308 g/mol. The van der Waals surface area contributed by atoms with Crippen LogP contribution in [0.15, 0.2) is 42.5 Å². The zero-order valence-corrected chi connectivity index (χ0v) is 14.2. The van der Waals surface area contributed by atoms with Crippen LogP contribution in [0.3, 0.4) is 0 Å². The quantitative estimate of drug-likeness (QED) is 0.574. The molecule has 0 saturated carbocycles. The number of para-hydroxylation sites is 1. The third-order valence-electron chi connectivity index (χ3n) is 3.52. The number of methoxy groups -OCH3 is 4. The maximum absolute atomic E-state index is 12.4. The van der Waals surface area contributed by atoms with Crippen LogP contribution in [0.1, 0.15) is 15.9 Å².